The Hall–Kier alpha value is -2.14. The molecular formula is C19H23NO3S. The molecule has 2 aromatic rings. The fourth-order valence-electron chi connectivity index (χ4n) is 2.28. The lowest BCUT2D eigenvalue weighted by molar-refractivity contribution is -0.118. The van der Waals surface area contributed by atoms with E-state index in [0.29, 0.717) is 23.8 Å². The molecule has 0 aliphatic heterocycles. The van der Waals surface area contributed by atoms with Crippen molar-refractivity contribution in [3.8, 4) is 11.5 Å². The summed E-state index contributed by atoms with van der Waals surface area (Å²) in [5.41, 5.74) is 3.37. The molecule has 0 fully saturated rings. The van der Waals surface area contributed by atoms with Crippen LogP contribution in [0.3, 0.4) is 0 Å². The third-order valence-corrected chi connectivity index (χ3v) is 4.59. The molecule has 24 heavy (non-hydrogen) atoms. The molecular weight excluding hydrogens is 322 g/mol. The number of ether oxygens (including phenoxy) is 2. The number of methoxy groups -OCH3 is 2. The molecule has 0 saturated carbocycles. The first-order chi connectivity index (χ1) is 11.6. The van der Waals surface area contributed by atoms with Gasteiger partial charge in [-0.05, 0) is 18.6 Å². The standard InChI is InChI=1S/C19H23NO3S/c1-14-7-9-15(10-8-14)12-24-13-18(21)20-11-16-5-4-6-17(22-2)19(16)23-3/h4-10H,11-13H2,1-3H3,(H,20,21). The molecule has 0 aliphatic carbocycles. The van der Waals surface area contributed by atoms with E-state index >= 15 is 0 Å². The normalized spacial score (nSPS) is 10.3. The summed E-state index contributed by atoms with van der Waals surface area (Å²) < 4.78 is 10.6. The fourth-order valence-corrected chi connectivity index (χ4v) is 3.10. The van der Waals surface area contributed by atoms with E-state index in [4.69, 9.17) is 9.47 Å². The summed E-state index contributed by atoms with van der Waals surface area (Å²) in [6, 6.07) is 14.0. The van der Waals surface area contributed by atoms with Crippen molar-refractivity contribution in [1.29, 1.82) is 0 Å². The zero-order chi connectivity index (χ0) is 17.4. The number of thioether (sulfide) groups is 1. The molecule has 1 amide bonds. The second-order valence-corrected chi connectivity index (χ2v) is 6.39. The highest BCUT2D eigenvalue weighted by Crippen LogP contribution is 2.30. The summed E-state index contributed by atoms with van der Waals surface area (Å²) in [6.07, 6.45) is 0. The zero-order valence-corrected chi connectivity index (χ0v) is 15.1. The smallest absolute Gasteiger partial charge is 0.230 e. The lowest BCUT2D eigenvalue weighted by Gasteiger charge is -2.13. The summed E-state index contributed by atoms with van der Waals surface area (Å²) in [5, 5.41) is 2.93. The predicted octanol–water partition coefficient (Wildman–Crippen LogP) is 3.56. The number of hydrogen-bond donors (Lipinski definition) is 1. The summed E-state index contributed by atoms with van der Waals surface area (Å²) in [6.45, 7) is 2.49. The van der Waals surface area contributed by atoms with Gasteiger partial charge in [0.25, 0.3) is 0 Å². The van der Waals surface area contributed by atoms with Crippen molar-refractivity contribution in [3.05, 3.63) is 59.2 Å². The Morgan fingerprint density at radius 1 is 1.08 bits per heavy atom. The van der Waals surface area contributed by atoms with Gasteiger partial charge < -0.3 is 14.8 Å². The number of aryl methyl sites for hydroxylation is 1. The van der Waals surface area contributed by atoms with Crippen molar-refractivity contribution in [2.75, 3.05) is 20.0 Å². The first kappa shape index (κ1) is 18.2. The van der Waals surface area contributed by atoms with E-state index < -0.39 is 0 Å². The molecule has 0 unspecified atom stereocenters. The SMILES string of the molecule is COc1cccc(CNC(=O)CSCc2ccc(C)cc2)c1OC. The van der Waals surface area contributed by atoms with Gasteiger partial charge in [0.2, 0.25) is 5.91 Å². The van der Waals surface area contributed by atoms with Crippen LogP contribution in [0.5, 0.6) is 11.5 Å². The maximum Gasteiger partial charge on any atom is 0.230 e. The number of rotatable bonds is 8. The van der Waals surface area contributed by atoms with Crippen LogP contribution in [0.25, 0.3) is 0 Å². The van der Waals surface area contributed by atoms with Crippen molar-refractivity contribution in [3.63, 3.8) is 0 Å². The molecule has 0 heterocycles. The monoisotopic (exact) mass is 345 g/mol. The minimum atomic E-state index is 0.0111. The predicted molar refractivity (Wildman–Crippen MR) is 98.7 cm³/mol. The van der Waals surface area contributed by atoms with Crippen molar-refractivity contribution in [1.82, 2.24) is 5.32 Å². The van der Waals surface area contributed by atoms with Crippen LogP contribution in [0.15, 0.2) is 42.5 Å². The molecule has 0 aromatic heterocycles. The minimum absolute atomic E-state index is 0.0111. The van der Waals surface area contributed by atoms with Crippen molar-refractivity contribution < 1.29 is 14.3 Å². The highest BCUT2D eigenvalue weighted by molar-refractivity contribution is 7.99. The Labute approximate surface area is 147 Å². The second-order valence-electron chi connectivity index (χ2n) is 5.41. The molecule has 5 heteroatoms. The average Bonchev–Trinajstić information content (AvgIpc) is 2.61. The first-order valence-corrected chi connectivity index (χ1v) is 8.89. The van der Waals surface area contributed by atoms with Gasteiger partial charge >= 0.3 is 0 Å². The maximum absolute atomic E-state index is 12.0. The van der Waals surface area contributed by atoms with Crippen LogP contribution < -0.4 is 14.8 Å². The van der Waals surface area contributed by atoms with Crippen molar-refractivity contribution >= 4 is 17.7 Å². The summed E-state index contributed by atoms with van der Waals surface area (Å²) in [5.74, 6) is 2.60. The number of para-hydroxylation sites is 1. The lowest BCUT2D eigenvalue weighted by Crippen LogP contribution is -2.24. The number of amides is 1. The Morgan fingerprint density at radius 3 is 2.50 bits per heavy atom. The van der Waals surface area contributed by atoms with Crippen LogP contribution in [0.2, 0.25) is 0 Å². The Bertz CT molecular complexity index is 671. The van der Waals surface area contributed by atoms with Crippen LogP contribution in [-0.2, 0) is 17.1 Å². The third kappa shape index (κ3) is 5.20. The third-order valence-electron chi connectivity index (χ3n) is 3.58. The van der Waals surface area contributed by atoms with E-state index in [2.05, 4.69) is 36.5 Å². The molecule has 2 rings (SSSR count). The maximum atomic E-state index is 12.0. The highest BCUT2D eigenvalue weighted by atomic mass is 32.2. The van der Waals surface area contributed by atoms with Gasteiger partial charge in [-0.25, -0.2) is 0 Å². The van der Waals surface area contributed by atoms with Gasteiger partial charge in [0.15, 0.2) is 11.5 Å². The molecule has 0 radical (unpaired) electrons. The van der Waals surface area contributed by atoms with E-state index in [-0.39, 0.29) is 5.91 Å². The van der Waals surface area contributed by atoms with Crippen LogP contribution in [0, 0.1) is 6.92 Å². The minimum Gasteiger partial charge on any atom is -0.493 e. The number of hydrogen-bond acceptors (Lipinski definition) is 4. The number of nitrogens with one attached hydrogen (secondary N) is 1. The molecule has 0 atom stereocenters. The van der Waals surface area contributed by atoms with Crippen LogP contribution in [-0.4, -0.2) is 25.9 Å². The summed E-state index contributed by atoms with van der Waals surface area (Å²) in [4.78, 5) is 12.0. The quantitative estimate of drug-likeness (QED) is 0.795. The molecule has 0 saturated heterocycles. The molecule has 0 bridgehead atoms. The Kier molecular flexibility index (Phi) is 7.00. The second kappa shape index (κ2) is 9.23. The Morgan fingerprint density at radius 2 is 1.83 bits per heavy atom. The van der Waals surface area contributed by atoms with Crippen molar-refractivity contribution in [2.24, 2.45) is 0 Å². The number of carbonyl (C=O) groups is 1. The van der Waals surface area contributed by atoms with Gasteiger partial charge in [0.05, 0.1) is 20.0 Å². The Balaban J connectivity index is 1.80. The largest absolute Gasteiger partial charge is 0.493 e. The molecule has 4 nitrogen and oxygen atoms in total. The topological polar surface area (TPSA) is 47.6 Å². The van der Waals surface area contributed by atoms with E-state index in [9.17, 15) is 4.79 Å². The summed E-state index contributed by atoms with van der Waals surface area (Å²) in [7, 11) is 3.20. The molecule has 1 N–H and O–H groups in total. The molecule has 128 valence electrons. The van der Waals surface area contributed by atoms with E-state index in [1.807, 2.05) is 18.2 Å². The van der Waals surface area contributed by atoms with E-state index in [0.717, 1.165) is 11.3 Å². The first-order valence-electron chi connectivity index (χ1n) is 7.74. The van der Waals surface area contributed by atoms with Gasteiger partial charge in [-0.3, -0.25) is 4.79 Å². The van der Waals surface area contributed by atoms with Crippen LogP contribution in [0.1, 0.15) is 16.7 Å². The highest BCUT2D eigenvalue weighted by Gasteiger charge is 2.10. The zero-order valence-electron chi connectivity index (χ0n) is 14.3. The van der Waals surface area contributed by atoms with Gasteiger partial charge in [0.1, 0.15) is 0 Å². The summed E-state index contributed by atoms with van der Waals surface area (Å²) >= 11 is 1.61. The van der Waals surface area contributed by atoms with Crippen molar-refractivity contribution in [2.45, 2.75) is 19.2 Å². The van der Waals surface area contributed by atoms with E-state index in [1.165, 1.54) is 11.1 Å². The van der Waals surface area contributed by atoms with E-state index in [1.54, 1.807) is 26.0 Å². The number of carbonyl (C=O) groups excluding carboxylic acids is 1. The van der Waals surface area contributed by atoms with Gasteiger partial charge in [-0.2, -0.15) is 0 Å². The number of benzene rings is 2. The average molecular weight is 345 g/mol. The fraction of sp³-hybridized carbons (Fsp3) is 0.316. The lowest BCUT2D eigenvalue weighted by atomic mass is 10.2. The van der Waals surface area contributed by atoms with Crippen LogP contribution in [0.4, 0.5) is 0 Å². The van der Waals surface area contributed by atoms with Gasteiger partial charge in [-0.15, -0.1) is 11.8 Å². The van der Waals surface area contributed by atoms with Gasteiger partial charge in [-0.1, -0.05) is 42.0 Å². The molecule has 0 spiro atoms. The molecule has 0 aliphatic rings. The van der Waals surface area contributed by atoms with Crippen LogP contribution >= 0.6 is 11.8 Å². The molecule has 2 aromatic carbocycles. The van der Waals surface area contributed by atoms with Gasteiger partial charge in [0, 0.05) is 17.9 Å².